The van der Waals surface area contributed by atoms with E-state index in [9.17, 15) is 14.3 Å². The molecule has 3 rings (SSSR count). The minimum Gasteiger partial charge on any atom is -0.507 e. The van der Waals surface area contributed by atoms with Crippen molar-refractivity contribution in [3.63, 3.8) is 0 Å². The fraction of sp³-hybridized carbons (Fsp3) is 0.267. The monoisotopic (exact) mass is 275 g/mol. The first-order chi connectivity index (χ1) is 9.65. The maximum Gasteiger partial charge on any atom is 0.254 e. The molecule has 2 aromatic rings. The molecule has 1 saturated heterocycles. The third-order valence-electron chi connectivity index (χ3n) is 3.44. The zero-order valence-electron chi connectivity index (χ0n) is 10.8. The van der Waals surface area contributed by atoms with Gasteiger partial charge in [0.1, 0.15) is 11.6 Å². The number of rotatable bonds is 1. The summed E-state index contributed by atoms with van der Waals surface area (Å²) in [6, 6.07) is 7.19. The van der Waals surface area contributed by atoms with Gasteiger partial charge in [0.15, 0.2) is 0 Å². The molecule has 4 nitrogen and oxygen atoms in total. The van der Waals surface area contributed by atoms with Crippen molar-refractivity contribution in [3.8, 4) is 5.75 Å². The van der Waals surface area contributed by atoms with Crippen LogP contribution >= 0.6 is 0 Å². The summed E-state index contributed by atoms with van der Waals surface area (Å²) < 4.78 is 18.4. The fourth-order valence-electron chi connectivity index (χ4n) is 2.38. The van der Waals surface area contributed by atoms with Crippen molar-refractivity contribution in [2.24, 2.45) is 0 Å². The van der Waals surface area contributed by atoms with Crippen LogP contribution in [0.15, 0.2) is 30.3 Å². The number of carbonyl (C=O) groups is 1. The van der Waals surface area contributed by atoms with Crippen molar-refractivity contribution in [1.82, 2.24) is 4.90 Å². The van der Waals surface area contributed by atoms with Crippen LogP contribution in [0.3, 0.4) is 0 Å². The number of fused-ring (bicyclic) bond motifs is 1. The number of aromatic hydroxyl groups is 1. The van der Waals surface area contributed by atoms with Crippen molar-refractivity contribution < 1.29 is 19.0 Å². The Labute approximate surface area is 115 Å². The Kier molecular flexibility index (Phi) is 3.28. The van der Waals surface area contributed by atoms with E-state index in [2.05, 4.69) is 0 Å². The number of carbonyl (C=O) groups excluding carboxylic acids is 1. The molecule has 104 valence electrons. The summed E-state index contributed by atoms with van der Waals surface area (Å²) in [6.07, 6.45) is 0. The topological polar surface area (TPSA) is 49.8 Å². The van der Waals surface area contributed by atoms with Crippen molar-refractivity contribution in [2.45, 2.75) is 0 Å². The molecule has 1 aliphatic rings. The molecule has 0 aliphatic carbocycles. The van der Waals surface area contributed by atoms with Crippen molar-refractivity contribution in [1.29, 1.82) is 0 Å². The average Bonchev–Trinajstić information content (AvgIpc) is 2.48. The molecule has 2 aromatic carbocycles. The maximum atomic E-state index is 13.2. The van der Waals surface area contributed by atoms with Gasteiger partial charge in [-0.1, -0.05) is 6.07 Å². The summed E-state index contributed by atoms with van der Waals surface area (Å²) in [5.74, 6) is -0.645. The van der Waals surface area contributed by atoms with Gasteiger partial charge in [-0.25, -0.2) is 4.39 Å². The number of hydrogen-bond donors (Lipinski definition) is 1. The molecule has 1 aliphatic heterocycles. The van der Waals surface area contributed by atoms with Gasteiger partial charge in [0.05, 0.1) is 13.2 Å². The highest BCUT2D eigenvalue weighted by molar-refractivity contribution is 6.00. The molecular weight excluding hydrogens is 261 g/mol. The molecule has 0 saturated carbocycles. The Morgan fingerprint density at radius 1 is 1.20 bits per heavy atom. The fourth-order valence-corrected chi connectivity index (χ4v) is 2.38. The number of amides is 1. The van der Waals surface area contributed by atoms with E-state index < -0.39 is 5.82 Å². The van der Waals surface area contributed by atoms with Crippen LogP contribution in [0.4, 0.5) is 4.39 Å². The van der Waals surface area contributed by atoms with Gasteiger partial charge in [0, 0.05) is 24.0 Å². The highest BCUT2D eigenvalue weighted by Crippen LogP contribution is 2.28. The molecule has 20 heavy (non-hydrogen) atoms. The van der Waals surface area contributed by atoms with E-state index in [0.717, 1.165) is 0 Å². The van der Waals surface area contributed by atoms with Crippen LogP contribution in [0.1, 0.15) is 10.4 Å². The quantitative estimate of drug-likeness (QED) is 0.867. The molecule has 0 aromatic heterocycles. The lowest BCUT2D eigenvalue weighted by Crippen LogP contribution is -2.40. The minimum absolute atomic E-state index is 0.0846. The standard InChI is InChI=1S/C15H14FNO3/c16-12-2-1-10-7-11(8-14(18)13(10)9-12)15(19)17-3-5-20-6-4-17/h1-2,7-9,18H,3-6H2. The van der Waals surface area contributed by atoms with Crippen LogP contribution in [0.2, 0.25) is 0 Å². The highest BCUT2D eigenvalue weighted by atomic mass is 19.1. The van der Waals surface area contributed by atoms with Gasteiger partial charge in [0.2, 0.25) is 0 Å². The minimum atomic E-state index is -0.417. The van der Waals surface area contributed by atoms with Gasteiger partial charge in [-0.05, 0) is 29.7 Å². The van der Waals surface area contributed by atoms with Gasteiger partial charge < -0.3 is 14.7 Å². The van der Waals surface area contributed by atoms with Crippen LogP contribution in [0.25, 0.3) is 10.8 Å². The van der Waals surface area contributed by atoms with Crippen molar-refractivity contribution in [2.75, 3.05) is 26.3 Å². The van der Waals surface area contributed by atoms with E-state index in [1.54, 1.807) is 17.0 Å². The molecule has 5 heteroatoms. The number of morpholine rings is 1. The van der Waals surface area contributed by atoms with E-state index in [1.807, 2.05) is 0 Å². The summed E-state index contributed by atoms with van der Waals surface area (Å²) in [7, 11) is 0. The molecule has 0 unspecified atom stereocenters. The van der Waals surface area contributed by atoms with Gasteiger partial charge in [-0.3, -0.25) is 4.79 Å². The summed E-state index contributed by atoms with van der Waals surface area (Å²) in [5.41, 5.74) is 0.406. The van der Waals surface area contributed by atoms with Crippen molar-refractivity contribution >= 4 is 16.7 Å². The number of halogens is 1. The smallest absolute Gasteiger partial charge is 0.254 e. The summed E-state index contributed by atoms with van der Waals surface area (Å²) in [5, 5.41) is 11.0. The molecule has 0 spiro atoms. The molecule has 1 heterocycles. The average molecular weight is 275 g/mol. The second-order valence-corrected chi connectivity index (χ2v) is 4.77. The first kappa shape index (κ1) is 12.9. The Morgan fingerprint density at radius 3 is 2.70 bits per heavy atom. The zero-order chi connectivity index (χ0) is 14.1. The molecule has 1 amide bonds. The number of nitrogens with zero attached hydrogens (tertiary/aromatic N) is 1. The number of ether oxygens (including phenoxy) is 1. The largest absolute Gasteiger partial charge is 0.507 e. The van der Waals surface area contributed by atoms with Crippen LogP contribution in [-0.2, 0) is 4.74 Å². The molecule has 1 fully saturated rings. The Bertz CT molecular complexity index is 665. The number of hydrogen-bond acceptors (Lipinski definition) is 3. The van der Waals surface area contributed by atoms with Crippen LogP contribution in [0.5, 0.6) is 5.75 Å². The second-order valence-electron chi connectivity index (χ2n) is 4.77. The molecular formula is C15H14FNO3. The normalized spacial score (nSPS) is 15.6. The Morgan fingerprint density at radius 2 is 1.95 bits per heavy atom. The van der Waals surface area contributed by atoms with Gasteiger partial charge in [0.25, 0.3) is 5.91 Å². The Balaban J connectivity index is 1.99. The van der Waals surface area contributed by atoms with Gasteiger partial charge >= 0.3 is 0 Å². The molecule has 0 atom stereocenters. The number of phenols is 1. The molecule has 0 radical (unpaired) electrons. The van der Waals surface area contributed by atoms with Crippen molar-refractivity contribution in [3.05, 3.63) is 41.7 Å². The van der Waals surface area contributed by atoms with E-state index in [-0.39, 0.29) is 11.7 Å². The Hall–Kier alpha value is -2.14. The SMILES string of the molecule is O=C(c1cc(O)c2cc(F)ccc2c1)N1CCOCC1. The third-order valence-corrected chi connectivity index (χ3v) is 3.44. The van der Waals surface area contributed by atoms with E-state index in [1.165, 1.54) is 18.2 Å². The van der Waals surface area contributed by atoms with E-state index in [0.29, 0.717) is 42.6 Å². The van der Waals surface area contributed by atoms with Gasteiger partial charge in [-0.15, -0.1) is 0 Å². The molecule has 1 N–H and O–H groups in total. The van der Waals surface area contributed by atoms with Gasteiger partial charge in [-0.2, -0.15) is 0 Å². The lowest BCUT2D eigenvalue weighted by Gasteiger charge is -2.27. The number of benzene rings is 2. The second kappa shape index (κ2) is 5.09. The van der Waals surface area contributed by atoms with E-state index >= 15 is 0 Å². The lowest BCUT2D eigenvalue weighted by atomic mass is 10.0. The predicted octanol–water partition coefficient (Wildman–Crippen LogP) is 2.16. The van der Waals surface area contributed by atoms with E-state index in [4.69, 9.17) is 4.74 Å². The highest BCUT2D eigenvalue weighted by Gasteiger charge is 2.19. The summed E-state index contributed by atoms with van der Waals surface area (Å²) in [4.78, 5) is 14.0. The summed E-state index contributed by atoms with van der Waals surface area (Å²) >= 11 is 0. The summed E-state index contributed by atoms with van der Waals surface area (Å²) in [6.45, 7) is 2.13. The number of phenolic OH excluding ortho intramolecular Hbond substituents is 1. The van der Waals surface area contributed by atoms with Crippen LogP contribution in [0, 0.1) is 5.82 Å². The van der Waals surface area contributed by atoms with Crippen LogP contribution in [-0.4, -0.2) is 42.2 Å². The van der Waals surface area contributed by atoms with Crippen LogP contribution < -0.4 is 0 Å². The lowest BCUT2D eigenvalue weighted by molar-refractivity contribution is 0.0303. The first-order valence-electron chi connectivity index (χ1n) is 6.44. The predicted molar refractivity (Wildman–Crippen MR) is 72.3 cm³/mol. The zero-order valence-corrected chi connectivity index (χ0v) is 10.8. The first-order valence-corrected chi connectivity index (χ1v) is 6.44. The molecule has 0 bridgehead atoms. The maximum absolute atomic E-state index is 13.2. The third kappa shape index (κ3) is 2.32.